The molecule has 5 unspecified atom stereocenters. The minimum Gasteiger partial charge on any atom is -0.493 e. The lowest BCUT2D eigenvalue weighted by Gasteiger charge is -2.20. The number of fused-ring (bicyclic) bond motifs is 5. The molecular formula is C16H25N3O. The van der Waals surface area contributed by atoms with Crippen molar-refractivity contribution in [1.29, 1.82) is 0 Å². The van der Waals surface area contributed by atoms with Crippen molar-refractivity contribution < 1.29 is 4.74 Å². The zero-order valence-corrected chi connectivity index (χ0v) is 12.6. The second-order valence-electron chi connectivity index (χ2n) is 7.23. The van der Waals surface area contributed by atoms with E-state index in [4.69, 9.17) is 10.5 Å². The Labute approximate surface area is 120 Å². The molecule has 0 aliphatic heterocycles. The second kappa shape index (κ2) is 4.23. The van der Waals surface area contributed by atoms with Crippen molar-refractivity contribution in [1.82, 2.24) is 9.78 Å². The fraction of sp³-hybridized carbons (Fsp3) is 0.812. The Kier molecular flexibility index (Phi) is 2.69. The topological polar surface area (TPSA) is 53.1 Å². The van der Waals surface area contributed by atoms with Crippen LogP contribution >= 0.6 is 0 Å². The van der Waals surface area contributed by atoms with Crippen LogP contribution in [0, 0.1) is 29.6 Å². The average molecular weight is 275 g/mol. The molecule has 20 heavy (non-hydrogen) atoms. The first-order valence-corrected chi connectivity index (χ1v) is 8.00. The maximum atomic E-state index is 6.66. The third-order valence-electron chi connectivity index (χ3n) is 6.03. The monoisotopic (exact) mass is 275 g/mol. The van der Waals surface area contributed by atoms with Crippen LogP contribution in [-0.2, 0) is 0 Å². The molecule has 3 fully saturated rings. The van der Waals surface area contributed by atoms with Gasteiger partial charge in [-0.25, -0.2) is 0 Å². The van der Waals surface area contributed by atoms with Gasteiger partial charge in [0.1, 0.15) is 0 Å². The van der Waals surface area contributed by atoms with Crippen LogP contribution in [0.3, 0.4) is 0 Å². The van der Waals surface area contributed by atoms with Gasteiger partial charge in [0.2, 0.25) is 0 Å². The third kappa shape index (κ3) is 1.54. The van der Waals surface area contributed by atoms with E-state index in [9.17, 15) is 0 Å². The molecule has 3 aliphatic carbocycles. The van der Waals surface area contributed by atoms with E-state index in [1.54, 1.807) is 7.11 Å². The summed E-state index contributed by atoms with van der Waals surface area (Å²) in [6, 6.07) is 0.420. The largest absolute Gasteiger partial charge is 0.493 e. The van der Waals surface area contributed by atoms with E-state index >= 15 is 0 Å². The zero-order chi connectivity index (χ0) is 14.0. The Morgan fingerprint density at radius 1 is 1.30 bits per heavy atom. The highest BCUT2D eigenvalue weighted by Gasteiger charge is 2.66. The second-order valence-corrected chi connectivity index (χ2v) is 7.23. The third-order valence-corrected chi connectivity index (χ3v) is 6.03. The summed E-state index contributed by atoms with van der Waals surface area (Å²) in [4.78, 5) is 0. The molecule has 1 aromatic heterocycles. The fourth-order valence-corrected chi connectivity index (χ4v) is 5.30. The van der Waals surface area contributed by atoms with Gasteiger partial charge in [-0.1, -0.05) is 0 Å². The summed E-state index contributed by atoms with van der Waals surface area (Å²) in [6.45, 7) is 4.31. The molecule has 1 aromatic rings. The number of methoxy groups -OCH3 is 1. The van der Waals surface area contributed by atoms with E-state index in [1.807, 2.05) is 6.20 Å². The van der Waals surface area contributed by atoms with E-state index in [2.05, 4.69) is 23.6 Å². The lowest BCUT2D eigenvalue weighted by molar-refractivity contribution is 0.365. The summed E-state index contributed by atoms with van der Waals surface area (Å²) >= 11 is 0. The van der Waals surface area contributed by atoms with Crippen molar-refractivity contribution in [3.8, 4) is 5.75 Å². The van der Waals surface area contributed by atoms with Gasteiger partial charge in [0.25, 0.3) is 0 Å². The fourth-order valence-electron chi connectivity index (χ4n) is 5.30. The van der Waals surface area contributed by atoms with E-state index < -0.39 is 0 Å². The van der Waals surface area contributed by atoms with Crippen LogP contribution in [0.15, 0.2) is 6.20 Å². The predicted octanol–water partition coefficient (Wildman–Crippen LogP) is 2.76. The summed E-state index contributed by atoms with van der Waals surface area (Å²) < 4.78 is 7.56. The molecular weight excluding hydrogens is 250 g/mol. The number of nitrogens with zero attached hydrogens (tertiary/aromatic N) is 2. The molecule has 1 heterocycles. The Balaban J connectivity index is 1.63. The van der Waals surface area contributed by atoms with Gasteiger partial charge in [-0.2, -0.15) is 5.10 Å². The van der Waals surface area contributed by atoms with Gasteiger partial charge in [0, 0.05) is 6.04 Å². The van der Waals surface area contributed by atoms with Crippen LogP contribution in [0.4, 0.5) is 0 Å². The van der Waals surface area contributed by atoms with Crippen molar-refractivity contribution in [2.24, 2.45) is 35.3 Å². The molecule has 0 aromatic carbocycles. The van der Waals surface area contributed by atoms with Crippen LogP contribution in [0.1, 0.15) is 50.9 Å². The van der Waals surface area contributed by atoms with E-state index in [0.29, 0.717) is 12.0 Å². The smallest absolute Gasteiger partial charge is 0.161 e. The Morgan fingerprint density at radius 3 is 2.50 bits per heavy atom. The predicted molar refractivity (Wildman–Crippen MR) is 77.4 cm³/mol. The highest BCUT2D eigenvalue weighted by molar-refractivity contribution is 5.32. The Hall–Kier alpha value is -1.03. The summed E-state index contributed by atoms with van der Waals surface area (Å²) in [6.07, 6.45) is 6.17. The van der Waals surface area contributed by atoms with Crippen LogP contribution in [0.5, 0.6) is 5.75 Å². The maximum Gasteiger partial charge on any atom is 0.161 e. The maximum absolute atomic E-state index is 6.66. The Morgan fingerprint density at radius 2 is 1.95 bits per heavy atom. The molecule has 0 saturated heterocycles. The van der Waals surface area contributed by atoms with Gasteiger partial charge in [0.15, 0.2) is 5.75 Å². The Bertz CT molecular complexity index is 508. The number of hydrogen-bond acceptors (Lipinski definition) is 3. The number of hydrogen-bond donors (Lipinski definition) is 1. The molecule has 2 N–H and O–H groups in total. The molecule has 0 spiro atoms. The van der Waals surface area contributed by atoms with E-state index in [-0.39, 0.29) is 6.04 Å². The van der Waals surface area contributed by atoms with Gasteiger partial charge in [-0.3, -0.25) is 4.68 Å². The molecule has 110 valence electrons. The highest BCUT2D eigenvalue weighted by Crippen LogP contribution is 2.72. The minimum absolute atomic E-state index is 0.0910. The van der Waals surface area contributed by atoms with Crippen molar-refractivity contribution >= 4 is 0 Å². The van der Waals surface area contributed by atoms with E-state index in [0.717, 1.165) is 35.1 Å². The van der Waals surface area contributed by atoms with E-state index in [1.165, 1.54) is 19.3 Å². The number of rotatable bonds is 4. The first-order valence-electron chi connectivity index (χ1n) is 8.00. The lowest BCUT2D eigenvalue weighted by Crippen LogP contribution is -2.23. The van der Waals surface area contributed by atoms with Crippen molar-refractivity contribution in [2.45, 2.75) is 45.2 Å². The lowest BCUT2D eigenvalue weighted by atomic mass is 9.95. The van der Waals surface area contributed by atoms with Crippen LogP contribution in [-0.4, -0.2) is 16.9 Å². The van der Waals surface area contributed by atoms with Gasteiger partial charge in [-0.15, -0.1) is 0 Å². The molecule has 5 atom stereocenters. The molecule has 4 nitrogen and oxygen atoms in total. The molecule has 0 radical (unpaired) electrons. The summed E-state index contributed by atoms with van der Waals surface area (Å²) in [7, 11) is 1.72. The quantitative estimate of drug-likeness (QED) is 0.919. The van der Waals surface area contributed by atoms with Crippen molar-refractivity contribution in [3.05, 3.63) is 11.9 Å². The summed E-state index contributed by atoms with van der Waals surface area (Å²) in [5.41, 5.74) is 7.77. The van der Waals surface area contributed by atoms with Gasteiger partial charge < -0.3 is 10.5 Å². The average Bonchev–Trinajstić information content (AvgIpc) is 2.82. The van der Waals surface area contributed by atoms with Gasteiger partial charge in [0.05, 0.1) is 25.0 Å². The first kappa shape index (κ1) is 12.7. The van der Waals surface area contributed by atoms with Crippen LogP contribution in [0.2, 0.25) is 0 Å². The number of aromatic nitrogens is 2. The van der Waals surface area contributed by atoms with Crippen molar-refractivity contribution in [2.75, 3.05) is 7.11 Å². The summed E-state index contributed by atoms with van der Waals surface area (Å²) in [5, 5.41) is 4.48. The SMILES string of the molecule is COc1cnn(C(C)C)c1C(N)C1C2C3CCC(C3)C21. The van der Waals surface area contributed by atoms with Crippen LogP contribution in [0.25, 0.3) is 0 Å². The highest BCUT2D eigenvalue weighted by atomic mass is 16.5. The standard InChI is InChI=1S/C16H25N3O/c1-8(2)19-16(11(20-3)7-18-19)15(17)14-12-9-4-5-10(6-9)13(12)14/h7-10,12-15H,4-6,17H2,1-3H3. The normalized spacial score (nSPS) is 39.1. The number of nitrogens with two attached hydrogens (primary N) is 1. The van der Waals surface area contributed by atoms with Gasteiger partial charge in [-0.05, 0) is 62.7 Å². The van der Waals surface area contributed by atoms with Crippen molar-refractivity contribution in [3.63, 3.8) is 0 Å². The summed E-state index contributed by atoms with van der Waals surface area (Å²) in [5.74, 6) is 5.24. The minimum atomic E-state index is 0.0910. The molecule has 2 bridgehead atoms. The molecule has 4 rings (SSSR count). The first-order chi connectivity index (χ1) is 9.63. The molecule has 3 saturated carbocycles. The molecule has 0 amide bonds. The van der Waals surface area contributed by atoms with Crippen LogP contribution < -0.4 is 10.5 Å². The number of ether oxygens (including phenoxy) is 1. The zero-order valence-electron chi connectivity index (χ0n) is 12.6. The molecule has 4 heteroatoms. The molecule has 3 aliphatic rings. The van der Waals surface area contributed by atoms with Gasteiger partial charge >= 0.3 is 0 Å².